The van der Waals surface area contributed by atoms with Crippen molar-refractivity contribution >= 4 is 23.1 Å². The van der Waals surface area contributed by atoms with E-state index in [2.05, 4.69) is 21.4 Å². The van der Waals surface area contributed by atoms with Crippen molar-refractivity contribution < 1.29 is 9.66 Å². The molecule has 1 aromatic rings. The number of rotatable bonds is 3. The van der Waals surface area contributed by atoms with Gasteiger partial charge in [0.15, 0.2) is 0 Å². The third-order valence-corrected chi connectivity index (χ3v) is 3.04. The lowest BCUT2D eigenvalue weighted by Gasteiger charge is -2.31. The topological polar surface area (TPSA) is 114 Å². The molecule has 1 N–H and O–H groups in total. The molecule has 100 valence electrons. The Morgan fingerprint density at radius 1 is 1.58 bits per heavy atom. The minimum Gasteiger partial charge on any atom is -0.381 e. The van der Waals surface area contributed by atoms with Crippen LogP contribution >= 0.6 is 11.6 Å². The zero-order valence-corrected chi connectivity index (χ0v) is 10.6. The molecule has 0 unspecified atom stereocenters. The van der Waals surface area contributed by atoms with E-state index in [1.165, 1.54) is 0 Å². The first kappa shape index (κ1) is 13.5. The lowest BCUT2D eigenvalue weighted by atomic mass is 9.92. The summed E-state index contributed by atoms with van der Waals surface area (Å²) in [5.41, 5.74) is -1.24. The van der Waals surface area contributed by atoms with Gasteiger partial charge in [0.25, 0.3) is 0 Å². The number of ether oxygens (including phenoxy) is 1. The van der Waals surface area contributed by atoms with Crippen LogP contribution in [0.2, 0.25) is 5.28 Å². The van der Waals surface area contributed by atoms with Crippen molar-refractivity contribution in [3.8, 4) is 6.07 Å². The van der Waals surface area contributed by atoms with E-state index in [-0.39, 0.29) is 16.8 Å². The third-order valence-electron chi connectivity index (χ3n) is 2.85. The quantitative estimate of drug-likeness (QED) is 0.508. The van der Waals surface area contributed by atoms with E-state index in [0.717, 1.165) is 6.20 Å². The lowest BCUT2D eigenvalue weighted by Crippen LogP contribution is -2.42. The summed E-state index contributed by atoms with van der Waals surface area (Å²) in [6.07, 6.45) is 1.85. The number of nitriles is 1. The molecule has 0 amide bonds. The van der Waals surface area contributed by atoms with Crippen LogP contribution in [0, 0.1) is 21.4 Å². The van der Waals surface area contributed by atoms with Gasteiger partial charge in [-0.15, -0.1) is 0 Å². The molecule has 19 heavy (non-hydrogen) atoms. The van der Waals surface area contributed by atoms with Gasteiger partial charge in [0.1, 0.15) is 11.7 Å². The fraction of sp³-hybridized carbons (Fsp3) is 0.500. The molecule has 0 bridgehead atoms. The average molecular weight is 284 g/mol. The highest BCUT2D eigenvalue weighted by Crippen LogP contribution is 2.29. The van der Waals surface area contributed by atoms with E-state index in [1.807, 2.05) is 0 Å². The maximum Gasteiger partial charge on any atom is 0.329 e. The second kappa shape index (κ2) is 5.34. The largest absolute Gasteiger partial charge is 0.381 e. The maximum atomic E-state index is 10.9. The highest BCUT2D eigenvalue weighted by molar-refractivity contribution is 6.28. The summed E-state index contributed by atoms with van der Waals surface area (Å²) in [4.78, 5) is 17.6. The van der Waals surface area contributed by atoms with Crippen molar-refractivity contribution in [3.63, 3.8) is 0 Å². The normalized spacial score (nSPS) is 17.5. The molecule has 0 atom stereocenters. The molecule has 0 spiro atoms. The Hall–Kier alpha value is -1.98. The highest BCUT2D eigenvalue weighted by atomic mass is 35.5. The Bertz CT molecular complexity index is 538. The van der Waals surface area contributed by atoms with Gasteiger partial charge in [0.05, 0.1) is 11.0 Å². The van der Waals surface area contributed by atoms with Crippen LogP contribution in [0.3, 0.4) is 0 Å². The molecular formula is C10H10ClN5O3. The Balaban J connectivity index is 2.34. The fourth-order valence-corrected chi connectivity index (χ4v) is 1.92. The molecule has 1 aliphatic rings. The van der Waals surface area contributed by atoms with Crippen molar-refractivity contribution in [1.29, 1.82) is 5.26 Å². The summed E-state index contributed by atoms with van der Waals surface area (Å²) in [6, 6.07) is 2.13. The lowest BCUT2D eigenvalue weighted by molar-refractivity contribution is -0.384. The van der Waals surface area contributed by atoms with Gasteiger partial charge in [-0.1, -0.05) is 0 Å². The van der Waals surface area contributed by atoms with Crippen LogP contribution in [0.4, 0.5) is 11.5 Å². The summed E-state index contributed by atoms with van der Waals surface area (Å²) in [7, 11) is 0. The molecule has 0 saturated carbocycles. The van der Waals surface area contributed by atoms with E-state index in [4.69, 9.17) is 16.3 Å². The second-order valence-electron chi connectivity index (χ2n) is 4.06. The number of hydrogen-bond acceptors (Lipinski definition) is 7. The van der Waals surface area contributed by atoms with Crippen molar-refractivity contribution in [2.24, 2.45) is 0 Å². The zero-order chi connectivity index (χ0) is 13.9. The monoisotopic (exact) mass is 283 g/mol. The predicted molar refractivity (Wildman–Crippen MR) is 65.7 cm³/mol. The van der Waals surface area contributed by atoms with Gasteiger partial charge in [-0.05, 0) is 11.6 Å². The molecule has 2 rings (SSSR count). The zero-order valence-electron chi connectivity index (χ0n) is 9.80. The van der Waals surface area contributed by atoms with Crippen molar-refractivity contribution in [2.75, 3.05) is 18.5 Å². The van der Waals surface area contributed by atoms with Crippen LogP contribution in [-0.4, -0.2) is 33.6 Å². The Labute approximate surface area is 113 Å². The van der Waals surface area contributed by atoms with E-state index in [1.54, 1.807) is 0 Å². The first-order valence-corrected chi connectivity index (χ1v) is 5.88. The average Bonchev–Trinajstić information content (AvgIpc) is 2.39. The molecule has 0 aromatic carbocycles. The van der Waals surface area contributed by atoms with Crippen LogP contribution < -0.4 is 5.32 Å². The predicted octanol–water partition coefficient (Wildman–Crippen LogP) is 1.52. The summed E-state index contributed by atoms with van der Waals surface area (Å²) >= 11 is 5.64. The van der Waals surface area contributed by atoms with Crippen LogP contribution in [0.5, 0.6) is 0 Å². The van der Waals surface area contributed by atoms with E-state index in [0.29, 0.717) is 26.1 Å². The van der Waals surface area contributed by atoms with Crippen LogP contribution in [0.15, 0.2) is 6.20 Å². The van der Waals surface area contributed by atoms with Crippen molar-refractivity contribution in [2.45, 2.75) is 18.4 Å². The summed E-state index contributed by atoms with van der Waals surface area (Å²) < 4.78 is 5.18. The number of halogens is 1. The van der Waals surface area contributed by atoms with E-state index in [9.17, 15) is 15.4 Å². The molecule has 1 saturated heterocycles. The molecule has 1 aliphatic heterocycles. The van der Waals surface area contributed by atoms with E-state index < -0.39 is 10.5 Å². The molecular weight excluding hydrogens is 274 g/mol. The van der Waals surface area contributed by atoms with Crippen LogP contribution in [-0.2, 0) is 4.74 Å². The van der Waals surface area contributed by atoms with E-state index >= 15 is 0 Å². The van der Waals surface area contributed by atoms with Crippen molar-refractivity contribution in [1.82, 2.24) is 9.97 Å². The van der Waals surface area contributed by atoms with Gasteiger partial charge >= 0.3 is 5.69 Å². The van der Waals surface area contributed by atoms with Gasteiger partial charge in [-0.25, -0.2) is 4.98 Å². The van der Waals surface area contributed by atoms with Gasteiger partial charge < -0.3 is 10.1 Å². The first-order valence-electron chi connectivity index (χ1n) is 5.50. The number of hydrogen-bond donors (Lipinski definition) is 1. The molecule has 8 nitrogen and oxygen atoms in total. The van der Waals surface area contributed by atoms with Crippen LogP contribution in [0.25, 0.3) is 0 Å². The molecule has 1 fully saturated rings. The van der Waals surface area contributed by atoms with Gasteiger partial charge in [0.2, 0.25) is 11.1 Å². The second-order valence-corrected chi connectivity index (χ2v) is 4.40. The fourth-order valence-electron chi connectivity index (χ4n) is 1.79. The summed E-state index contributed by atoms with van der Waals surface area (Å²) in [5, 5.41) is 22.9. The minimum absolute atomic E-state index is 0.0477. The molecule has 9 heteroatoms. The van der Waals surface area contributed by atoms with Crippen molar-refractivity contribution in [3.05, 3.63) is 21.6 Å². The standard InChI is InChI=1S/C10H10ClN5O3/c11-9-13-5-7(16(17)18)8(14-9)15-10(6-12)1-3-19-4-2-10/h5H,1-4H2,(H,13,14,15). The summed E-state index contributed by atoms with van der Waals surface area (Å²) in [5.74, 6) is -0.0477. The van der Waals surface area contributed by atoms with Gasteiger partial charge in [-0.3, -0.25) is 10.1 Å². The SMILES string of the molecule is N#CC1(Nc2nc(Cl)ncc2[N+](=O)[O-])CCOCC1. The number of nitrogens with zero attached hydrogens (tertiary/aromatic N) is 4. The number of anilines is 1. The number of nitrogens with one attached hydrogen (secondary N) is 1. The first-order chi connectivity index (χ1) is 9.06. The Kier molecular flexibility index (Phi) is 3.78. The molecule has 0 aliphatic carbocycles. The molecule has 1 aromatic heterocycles. The Morgan fingerprint density at radius 2 is 2.26 bits per heavy atom. The molecule has 0 radical (unpaired) electrons. The number of aromatic nitrogens is 2. The summed E-state index contributed by atoms with van der Waals surface area (Å²) in [6.45, 7) is 0.820. The highest BCUT2D eigenvalue weighted by Gasteiger charge is 2.35. The minimum atomic E-state index is -0.930. The Morgan fingerprint density at radius 3 is 2.84 bits per heavy atom. The van der Waals surface area contributed by atoms with Gasteiger partial charge in [0, 0.05) is 26.1 Å². The maximum absolute atomic E-state index is 10.9. The number of nitro groups is 1. The third kappa shape index (κ3) is 2.89. The van der Waals surface area contributed by atoms with Crippen LogP contribution in [0.1, 0.15) is 12.8 Å². The molecule has 2 heterocycles. The smallest absolute Gasteiger partial charge is 0.329 e. The van der Waals surface area contributed by atoms with Gasteiger partial charge in [-0.2, -0.15) is 10.2 Å².